The van der Waals surface area contributed by atoms with Crippen molar-refractivity contribution in [1.29, 1.82) is 0 Å². The number of anilines is 1. The summed E-state index contributed by atoms with van der Waals surface area (Å²) in [6.45, 7) is 7.53. The summed E-state index contributed by atoms with van der Waals surface area (Å²) in [5, 5.41) is 8.38. The largest absolute Gasteiger partial charge is 0.334 e. The third-order valence-electron chi connectivity index (χ3n) is 5.36. The van der Waals surface area contributed by atoms with Crippen molar-refractivity contribution in [3.05, 3.63) is 41.2 Å². The summed E-state index contributed by atoms with van der Waals surface area (Å²) in [6.07, 6.45) is 1.81. The number of thiazole rings is 1. The second kappa shape index (κ2) is 8.16. The lowest BCUT2D eigenvalue weighted by Gasteiger charge is -2.38. The summed E-state index contributed by atoms with van der Waals surface area (Å²) in [5.41, 5.74) is 2.09. The van der Waals surface area contributed by atoms with Gasteiger partial charge in [-0.3, -0.25) is 19.2 Å². The van der Waals surface area contributed by atoms with Gasteiger partial charge in [0.1, 0.15) is 11.7 Å². The maximum absolute atomic E-state index is 13.0. The summed E-state index contributed by atoms with van der Waals surface area (Å²) in [7, 11) is 1.91. The van der Waals surface area contributed by atoms with E-state index in [0.29, 0.717) is 25.3 Å². The van der Waals surface area contributed by atoms with E-state index in [9.17, 15) is 9.59 Å². The first-order valence-corrected chi connectivity index (χ1v) is 10.9. The van der Waals surface area contributed by atoms with Gasteiger partial charge in [0.05, 0.1) is 15.2 Å². The van der Waals surface area contributed by atoms with Crippen LogP contribution in [0.4, 0.5) is 5.69 Å². The number of piperazine rings is 1. The number of nitrogens with zero attached hydrogens (tertiary/aromatic N) is 5. The number of aromatic nitrogens is 3. The van der Waals surface area contributed by atoms with Gasteiger partial charge < -0.3 is 10.2 Å². The predicted molar refractivity (Wildman–Crippen MR) is 118 cm³/mol. The topological polar surface area (TPSA) is 83.4 Å². The summed E-state index contributed by atoms with van der Waals surface area (Å²) < 4.78 is 2.81. The van der Waals surface area contributed by atoms with Crippen molar-refractivity contribution in [2.45, 2.75) is 32.9 Å². The van der Waals surface area contributed by atoms with Crippen LogP contribution in [-0.4, -0.2) is 69.1 Å². The van der Waals surface area contributed by atoms with Crippen LogP contribution in [0.1, 0.15) is 35.4 Å². The van der Waals surface area contributed by atoms with Crippen LogP contribution in [0, 0.1) is 6.92 Å². The molecule has 9 heteroatoms. The van der Waals surface area contributed by atoms with E-state index >= 15 is 0 Å². The summed E-state index contributed by atoms with van der Waals surface area (Å²) >= 11 is 1.60. The molecule has 0 spiro atoms. The Morgan fingerprint density at radius 1 is 1.23 bits per heavy atom. The lowest BCUT2D eigenvalue weighted by molar-refractivity contribution is -0.122. The second-order valence-corrected chi connectivity index (χ2v) is 9.16. The summed E-state index contributed by atoms with van der Waals surface area (Å²) in [5.74, 6) is -0.259. The number of likely N-dealkylation sites (N-methyl/N-ethyl adjacent to an activating group) is 1. The number of aryl methyl sites for hydroxylation is 1. The van der Waals surface area contributed by atoms with Gasteiger partial charge in [-0.1, -0.05) is 0 Å². The van der Waals surface area contributed by atoms with E-state index < -0.39 is 6.04 Å². The average Bonchev–Trinajstić information content (AvgIpc) is 3.33. The molecule has 3 heterocycles. The monoisotopic (exact) mass is 426 g/mol. The summed E-state index contributed by atoms with van der Waals surface area (Å²) in [6, 6.07) is 7.24. The molecule has 2 amide bonds. The van der Waals surface area contributed by atoms with Crippen molar-refractivity contribution in [2.75, 3.05) is 32.0 Å². The molecule has 0 bridgehead atoms. The van der Waals surface area contributed by atoms with Crippen LogP contribution in [0.5, 0.6) is 0 Å². The number of carbonyl (C=O) groups excluding carboxylic acids is 2. The van der Waals surface area contributed by atoms with E-state index in [4.69, 9.17) is 0 Å². The van der Waals surface area contributed by atoms with E-state index in [1.165, 1.54) is 0 Å². The predicted octanol–water partition coefficient (Wildman–Crippen LogP) is 2.78. The van der Waals surface area contributed by atoms with Crippen LogP contribution in [0.15, 0.2) is 30.5 Å². The Balaban J connectivity index is 1.46. The SMILES string of the molecule is Cc1nc2ccc(NC(=O)[C@@H]3CN(C(=O)c4ccn(C(C)C)n4)CCN3C)cc2s1. The van der Waals surface area contributed by atoms with Crippen LogP contribution in [0.3, 0.4) is 0 Å². The lowest BCUT2D eigenvalue weighted by Crippen LogP contribution is -2.57. The Morgan fingerprint density at radius 3 is 2.77 bits per heavy atom. The number of fused-ring (bicyclic) bond motifs is 1. The van der Waals surface area contributed by atoms with Gasteiger partial charge in [0.15, 0.2) is 0 Å². The number of rotatable bonds is 4. The fourth-order valence-corrected chi connectivity index (χ4v) is 4.45. The molecule has 1 atom stereocenters. The quantitative estimate of drug-likeness (QED) is 0.694. The standard InChI is InChI=1S/C21H26N6O2S/c1-13(2)27-8-7-17(24-27)21(29)26-10-9-25(4)18(12-26)20(28)23-15-5-6-16-19(11-15)30-14(3)22-16/h5-8,11,13,18H,9-10,12H2,1-4H3,(H,23,28)/t18-/m0/s1. The first-order chi connectivity index (χ1) is 14.3. The lowest BCUT2D eigenvalue weighted by atomic mass is 10.1. The number of carbonyl (C=O) groups is 2. The average molecular weight is 427 g/mol. The zero-order valence-electron chi connectivity index (χ0n) is 17.6. The molecule has 0 radical (unpaired) electrons. The Kier molecular flexibility index (Phi) is 5.57. The van der Waals surface area contributed by atoms with Crippen molar-refractivity contribution in [3.8, 4) is 0 Å². The minimum Gasteiger partial charge on any atom is -0.334 e. The van der Waals surface area contributed by atoms with Gasteiger partial charge in [0, 0.05) is 37.6 Å². The number of hydrogen-bond donors (Lipinski definition) is 1. The normalized spacial score (nSPS) is 17.6. The Labute approximate surface area is 179 Å². The first-order valence-electron chi connectivity index (χ1n) is 10.0. The van der Waals surface area contributed by atoms with Gasteiger partial charge in [-0.25, -0.2) is 4.98 Å². The van der Waals surface area contributed by atoms with Crippen molar-refractivity contribution < 1.29 is 9.59 Å². The molecule has 0 unspecified atom stereocenters. The number of amides is 2. The number of nitrogens with one attached hydrogen (secondary N) is 1. The molecular formula is C21H26N6O2S. The van der Waals surface area contributed by atoms with E-state index in [1.807, 2.05) is 57.1 Å². The molecular weight excluding hydrogens is 400 g/mol. The van der Waals surface area contributed by atoms with Gasteiger partial charge in [0.25, 0.3) is 5.91 Å². The smallest absolute Gasteiger partial charge is 0.274 e. The molecule has 8 nitrogen and oxygen atoms in total. The second-order valence-electron chi connectivity index (χ2n) is 7.93. The van der Waals surface area contributed by atoms with Crippen molar-refractivity contribution >= 4 is 39.1 Å². The van der Waals surface area contributed by atoms with Gasteiger partial charge in [0.2, 0.25) is 5.91 Å². The molecule has 2 aromatic heterocycles. The molecule has 1 aliphatic rings. The number of hydrogen-bond acceptors (Lipinski definition) is 6. The molecule has 1 N–H and O–H groups in total. The number of benzene rings is 1. The maximum Gasteiger partial charge on any atom is 0.274 e. The van der Waals surface area contributed by atoms with E-state index in [1.54, 1.807) is 27.0 Å². The maximum atomic E-state index is 13.0. The minimum atomic E-state index is -0.422. The minimum absolute atomic E-state index is 0.122. The van der Waals surface area contributed by atoms with Crippen molar-refractivity contribution in [2.24, 2.45) is 0 Å². The third-order valence-corrected chi connectivity index (χ3v) is 6.29. The van der Waals surface area contributed by atoms with Crippen LogP contribution >= 0.6 is 11.3 Å². The van der Waals surface area contributed by atoms with Crippen LogP contribution < -0.4 is 5.32 Å². The molecule has 0 saturated carbocycles. The molecule has 1 aromatic carbocycles. The van der Waals surface area contributed by atoms with Crippen molar-refractivity contribution in [3.63, 3.8) is 0 Å². The molecule has 1 saturated heterocycles. The highest BCUT2D eigenvalue weighted by Gasteiger charge is 2.33. The highest BCUT2D eigenvalue weighted by Crippen LogP contribution is 2.25. The summed E-state index contributed by atoms with van der Waals surface area (Å²) in [4.78, 5) is 34.1. The molecule has 1 fully saturated rings. The highest BCUT2D eigenvalue weighted by molar-refractivity contribution is 7.18. The molecule has 3 aromatic rings. The fraction of sp³-hybridized carbons (Fsp3) is 0.429. The van der Waals surface area contributed by atoms with Gasteiger partial charge in [-0.2, -0.15) is 5.10 Å². The molecule has 4 rings (SSSR count). The highest BCUT2D eigenvalue weighted by atomic mass is 32.1. The van der Waals surface area contributed by atoms with E-state index in [-0.39, 0.29) is 17.9 Å². The van der Waals surface area contributed by atoms with Crippen LogP contribution in [-0.2, 0) is 4.79 Å². The van der Waals surface area contributed by atoms with Gasteiger partial charge in [-0.15, -0.1) is 11.3 Å². The van der Waals surface area contributed by atoms with Crippen LogP contribution in [0.2, 0.25) is 0 Å². The molecule has 0 aliphatic carbocycles. The third kappa shape index (κ3) is 4.08. The Hall–Kier alpha value is -2.78. The fourth-order valence-electron chi connectivity index (χ4n) is 3.59. The molecule has 158 valence electrons. The van der Waals surface area contributed by atoms with E-state index in [2.05, 4.69) is 15.4 Å². The molecule has 30 heavy (non-hydrogen) atoms. The molecule has 1 aliphatic heterocycles. The first kappa shape index (κ1) is 20.5. The van der Waals surface area contributed by atoms with Gasteiger partial charge >= 0.3 is 0 Å². The zero-order chi connectivity index (χ0) is 21.4. The van der Waals surface area contributed by atoms with E-state index in [0.717, 1.165) is 20.9 Å². The Morgan fingerprint density at radius 2 is 2.03 bits per heavy atom. The van der Waals surface area contributed by atoms with Gasteiger partial charge in [-0.05, 0) is 52.1 Å². The Bertz CT molecular complexity index is 1090. The van der Waals surface area contributed by atoms with Crippen molar-refractivity contribution in [1.82, 2.24) is 24.6 Å². The zero-order valence-corrected chi connectivity index (χ0v) is 18.4. The van der Waals surface area contributed by atoms with Crippen LogP contribution in [0.25, 0.3) is 10.2 Å².